The summed E-state index contributed by atoms with van der Waals surface area (Å²) in [5.41, 5.74) is 3.56. The molecule has 1 heterocycles. The van der Waals surface area contributed by atoms with Crippen LogP contribution in [-0.4, -0.2) is 42.7 Å². The van der Waals surface area contributed by atoms with Crippen LogP contribution < -0.4 is 14.4 Å². The number of phenols is 1. The first kappa shape index (κ1) is 28.6. The summed E-state index contributed by atoms with van der Waals surface area (Å²) in [4.78, 5) is 55.6. The summed E-state index contributed by atoms with van der Waals surface area (Å²) in [5.74, 6) is -3.13. The minimum Gasteiger partial charge on any atom is -0.502 e. The number of amides is 2. The molecule has 1 saturated heterocycles. The molecule has 4 atom stereocenters. The molecule has 0 bridgehead atoms. The lowest BCUT2D eigenvalue weighted by molar-refractivity contribution is -0.123. The van der Waals surface area contributed by atoms with Gasteiger partial charge in [-0.25, -0.2) is 0 Å². The van der Waals surface area contributed by atoms with Gasteiger partial charge in [0.05, 0.1) is 36.2 Å². The fraction of sp³-hybridized carbons (Fsp3) is 0.235. The molecule has 2 aromatic carbocycles. The van der Waals surface area contributed by atoms with Crippen LogP contribution in [0.25, 0.3) is 12.2 Å². The molecule has 1 fully saturated rings. The van der Waals surface area contributed by atoms with Crippen LogP contribution in [0, 0.1) is 23.7 Å². The van der Waals surface area contributed by atoms with Gasteiger partial charge < -0.3 is 14.6 Å². The first-order chi connectivity index (χ1) is 20.7. The molecule has 8 nitrogen and oxygen atoms in total. The smallest absolute Gasteiger partial charge is 0.238 e. The van der Waals surface area contributed by atoms with E-state index < -0.39 is 23.7 Å². The average molecular weight is 643 g/mol. The second-order valence-electron chi connectivity index (χ2n) is 10.9. The summed E-state index contributed by atoms with van der Waals surface area (Å²) in [6.45, 7) is 3.76. The lowest BCUT2D eigenvalue weighted by Crippen LogP contribution is -2.40. The minimum atomic E-state index is -0.669. The molecule has 2 aromatic rings. The van der Waals surface area contributed by atoms with Crippen LogP contribution in [0.5, 0.6) is 17.2 Å². The Morgan fingerprint density at radius 1 is 0.977 bits per heavy atom. The van der Waals surface area contributed by atoms with E-state index in [9.17, 15) is 24.3 Å². The molecule has 218 valence electrons. The third-order valence-electron chi connectivity index (χ3n) is 8.75. The molecule has 9 heteroatoms. The van der Waals surface area contributed by atoms with Gasteiger partial charge in [0.25, 0.3) is 0 Å². The van der Waals surface area contributed by atoms with Crippen LogP contribution in [-0.2, 0) is 19.2 Å². The number of fused-ring (bicyclic) bond motifs is 3. The van der Waals surface area contributed by atoms with Crippen molar-refractivity contribution in [3.63, 3.8) is 0 Å². The van der Waals surface area contributed by atoms with Crippen molar-refractivity contribution < 1.29 is 33.8 Å². The quantitative estimate of drug-likeness (QED) is 0.250. The number of allylic oxidation sites excluding steroid dienone is 7. The van der Waals surface area contributed by atoms with Gasteiger partial charge in [-0.3, -0.25) is 24.1 Å². The van der Waals surface area contributed by atoms with Crippen molar-refractivity contribution >= 4 is 57.2 Å². The van der Waals surface area contributed by atoms with E-state index in [4.69, 9.17) is 9.47 Å². The molecule has 3 aliphatic carbocycles. The van der Waals surface area contributed by atoms with Crippen LogP contribution in [0.15, 0.2) is 82.4 Å². The van der Waals surface area contributed by atoms with E-state index in [1.54, 1.807) is 48.6 Å². The third kappa shape index (κ3) is 4.59. The predicted molar refractivity (Wildman–Crippen MR) is 165 cm³/mol. The number of halogens is 1. The number of carbonyl (C=O) groups is 4. The number of ketones is 2. The molecule has 0 saturated carbocycles. The van der Waals surface area contributed by atoms with Gasteiger partial charge in [-0.2, -0.15) is 0 Å². The van der Waals surface area contributed by atoms with Crippen molar-refractivity contribution in [3.05, 3.63) is 93.5 Å². The highest BCUT2D eigenvalue weighted by Gasteiger charge is 2.56. The summed E-state index contributed by atoms with van der Waals surface area (Å²) in [6.07, 6.45) is 9.07. The van der Waals surface area contributed by atoms with E-state index in [1.165, 1.54) is 25.2 Å². The van der Waals surface area contributed by atoms with Crippen LogP contribution in [0.1, 0.15) is 24.0 Å². The summed E-state index contributed by atoms with van der Waals surface area (Å²) < 4.78 is 10.7. The molecule has 4 aliphatic rings. The van der Waals surface area contributed by atoms with E-state index in [1.807, 2.05) is 12.2 Å². The van der Waals surface area contributed by atoms with Crippen molar-refractivity contribution in [1.29, 1.82) is 0 Å². The monoisotopic (exact) mass is 641 g/mol. The molecule has 1 aliphatic heterocycles. The van der Waals surface area contributed by atoms with Gasteiger partial charge in [-0.15, -0.1) is 0 Å². The van der Waals surface area contributed by atoms with Crippen molar-refractivity contribution in [2.45, 2.75) is 12.8 Å². The van der Waals surface area contributed by atoms with Crippen LogP contribution in [0.4, 0.5) is 5.69 Å². The molecule has 0 spiro atoms. The van der Waals surface area contributed by atoms with Gasteiger partial charge in [0, 0.05) is 23.1 Å². The van der Waals surface area contributed by atoms with E-state index in [2.05, 4.69) is 22.5 Å². The Balaban J connectivity index is 1.42. The van der Waals surface area contributed by atoms with E-state index in [-0.39, 0.29) is 51.5 Å². The number of benzene rings is 2. The summed E-state index contributed by atoms with van der Waals surface area (Å²) in [5, 5.41) is 10.3. The largest absolute Gasteiger partial charge is 0.502 e. The average Bonchev–Trinajstić information content (AvgIpc) is 3.27. The zero-order chi connectivity index (χ0) is 30.6. The maximum absolute atomic E-state index is 14.0. The lowest BCUT2D eigenvalue weighted by Gasteiger charge is -2.41. The Bertz CT molecular complexity index is 1700. The summed E-state index contributed by atoms with van der Waals surface area (Å²) in [6, 6.07) is 10.3. The fourth-order valence-electron chi connectivity index (χ4n) is 6.72. The third-order valence-corrected chi connectivity index (χ3v) is 9.34. The molecule has 0 radical (unpaired) electrons. The zero-order valence-electron chi connectivity index (χ0n) is 23.5. The zero-order valence-corrected chi connectivity index (χ0v) is 25.1. The highest BCUT2D eigenvalue weighted by Crippen LogP contribution is 2.53. The Morgan fingerprint density at radius 2 is 1.65 bits per heavy atom. The van der Waals surface area contributed by atoms with Crippen molar-refractivity contribution in [2.75, 3.05) is 19.1 Å². The van der Waals surface area contributed by atoms with E-state index in [0.29, 0.717) is 28.8 Å². The summed E-state index contributed by atoms with van der Waals surface area (Å²) >= 11 is 3.24. The number of rotatable bonds is 6. The Morgan fingerprint density at radius 3 is 2.28 bits per heavy atom. The SMILES string of the molecule is C=Cc1ccc(N2C(=O)C3CC=C4C(C=Cc5cc(OC)c(O)c(OC)c5)C5=C(CC4C3C2=O)C(=O)C(Br)=CC5=O)cc1. The first-order valence-corrected chi connectivity index (χ1v) is 14.6. The number of aromatic hydroxyl groups is 1. The van der Waals surface area contributed by atoms with Crippen LogP contribution in [0.2, 0.25) is 0 Å². The molecular formula is C34H28BrNO7. The number of carbonyl (C=O) groups excluding carboxylic acids is 4. The molecule has 2 amide bonds. The van der Waals surface area contributed by atoms with Gasteiger partial charge in [0.2, 0.25) is 17.6 Å². The maximum atomic E-state index is 14.0. The number of imide groups is 1. The Labute approximate surface area is 256 Å². The molecule has 0 aromatic heterocycles. The topological polar surface area (TPSA) is 110 Å². The number of methoxy groups -OCH3 is 2. The number of nitrogens with zero attached hydrogens (tertiary/aromatic N) is 1. The number of ether oxygens (including phenoxy) is 2. The highest BCUT2D eigenvalue weighted by atomic mass is 79.9. The second-order valence-corrected chi connectivity index (χ2v) is 11.7. The van der Waals surface area contributed by atoms with Gasteiger partial charge in [0.1, 0.15) is 0 Å². The van der Waals surface area contributed by atoms with Crippen LogP contribution in [0.3, 0.4) is 0 Å². The number of hydrogen-bond acceptors (Lipinski definition) is 7. The van der Waals surface area contributed by atoms with Crippen molar-refractivity contribution in [2.24, 2.45) is 23.7 Å². The van der Waals surface area contributed by atoms with Gasteiger partial charge in [-0.05, 0) is 70.1 Å². The summed E-state index contributed by atoms with van der Waals surface area (Å²) in [7, 11) is 2.86. The standard InChI is InChI=1S/C34H28BrNO7/c1-4-17-5-8-19(9-6-17)36-33(40)22-12-11-20-21(10-7-18-13-27(42-2)32(39)28(14-18)43-3)29-24(15-23(20)30(22)34(36)41)31(38)25(35)16-26(29)37/h4-11,13-14,16,21-23,30,39H,1,12,15H2,2-3H3. The number of phenolic OH excluding ortho intramolecular Hbond substituents is 1. The second kappa shape index (κ2) is 11.0. The Kier molecular flexibility index (Phi) is 7.30. The normalized spacial score (nSPS) is 24.9. The maximum Gasteiger partial charge on any atom is 0.238 e. The minimum absolute atomic E-state index is 0.137. The predicted octanol–water partition coefficient (Wildman–Crippen LogP) is 5.56. The van der Waals surface area contributed by atoms with Crippen molar-refractivity contribution in [3.8, 4) is 17.2 Å². The number of anilines is 1. The molecule has 4 unspecified atom stereocenters. The Hall–Kier alpha value is -4.50. The molecule has 6 rings (SSSR count). The molecule has 43 heavy (non-hydrogen) atoms. The van der Waals surface area contributed by atoms with E-state index in [0.717, 1.165) is 11.1 Å². The highest BCUT2D eigenvalue weighted by molar-refractivity contribution is 9.12. The van der Waals surface area contributed by atoms with Gasteiger partial charge >= 0.3 is 0 Å². The van der Waals surface area contributed by atoms with Gasteiger partial charge in [-0.1, -0.05) is 48.6 Å². The number of Topliss-reactive ketones (excluding diaryl/α,β-unsaturated/α-hetero) is 1. The lowest BCUT2D eigenvalue weighted by atomic mass is 9.61. The van der Waals surface area contributed by atoms with Gasteiger partial charge in [0.15, 0.2) is 23.1 Å². The van der Waals surface area contributed by atoms with E-state index >= 15 is 0 Å². The van der Waals surface area contributed by atoms with Crippen LogP contribution >= 0.6 is 15.9 Å². The molecular weight excluding hydrogens is 614 g/mol. The number of hydrogen-bond donors (Lipinski definition) is 1. The fourth-order valence-corrected chi connectivity index (χ4v) is 7.16. The van der Waals surface area contributed by atoms with Crippen molar-refractivity contribution in [1.82, 2.24) is 0 Å². The molecule has 1 N–H and O–H groups in total. The first-order valence-electron chi connectivity index (χ1n) is 13.8.